The second-order valence-electron chi connectivity index (χ2n) is 6.70. The summed E-state index contributed by atoms with van der Waals surface area (Å²) >= 11 is 0. The van der Waals surface area contributed by atoms with Crippen LogP contribution in [0.2, 0.25) is 0 Å². The van der Waals surface area contributed by atoms with Gasteiger partial charge in [-0.3, -0.25) is 14.2 Å². The van der Waals surface area contributed by atoms with Crippen LogP contribution in [0.25, 0.3) is 28.0 Å². The zero-order chi connectivity index (χ0) is 19.8. The molecule has 7 nitrogen and oxygen atoms in total. The number of ether oxygens (including phenoxy) is 1. The lowest BCUT2D eigenvalue weighted by Gasteiger charge is -2.06. The van der Waals surface area contributed by atoms with Gasteiger partial charge in [0.05, 0.1) is 36.4 Å². The summed E-state index contributed by atoms with van der Waals surface area (Å²) in [5.74, 6) is 1.19. The molecule has 0 amide bonds. The molecule has 144 valence electrons. The van der Waals surface area contributed by atoms with Crippen molar-refractivity contribution < 1.29 is 14.2 Å². The van der Waals surface area contributed by atoms with E-state index in [0.717, 1.165) is 16.8 Å². The van der Waals surface area contributed by atoms with Crippen LogP contribution in [0.1, 0.15) is 12.5 Å². The van der Waals surface area contributed by atoms with E-state index in [1.165, 1.54) is 11.6 Å². The number of aromatic hydroxyl groups is 1. The van der Waals surface area contributed by atoms with E-state index in [-0.39, 0.29) is 12.4 Å². The number of hydrogen-bond donors (Lipinski definition) is 1. The van der Waals surface area contributed by atoms with E-state index in [1.807, 2.05) is 19.1 Å². The van der Waals surface area contributed by atoms with Crippen LogP contribution in [-0.4, -0.2) is 42.7 Å². The normalized spacial score (nSPS) is 12.4. The van der Waals surface area contributed by atoms with Crippen LogP contribution in [0.15, 0.2) is 43.0 Å². The molecule has 0 spiro atoms. The van der Waals surface area contributed by atoms with E-state index in [9.17, 15) is 9.50 Å². The standard InChI is InChI=1S/C20H20FN5O2/c1-12-6-16(14-7-15(28-3)9-22-8-14)23-17-11-26(20(27)19(12)17)18-4-5-25(24-18)10-13(2)21/h4-9,11,13,27H,10H2,1-3H3/t13-/m1/s1. The van der Waals surface area contributed by atoms with Crippen molar-refractivity contribution >= 4 is 10.9 Å². The number of aromatic nitrogens is 5. The summed E-state index contributed by atoms with van der Waals surface area (Å²) in [6, 6.07) is 5.48. The second kappa shape index (κ2) is 6.95. The molecular weight excluding hydrogens is 361 g/mol. The topological polar surface area (TPSA) is 78.0 Å². The molecule has 4 aromatic rings. The molecule has 0 saturated carbocycles. The van der Waals surface area contributed by atoms with Gasteiger partial charge in [0.15, 0.2) is 5.82 Å². The van der Waals surface area contributed by atoms with Crippen LogP contribution >= 0.6 is 0 Å². The predicted molar refractivity (Wildman–Crippen MR) is 104 cm³/mol. The Morgan fingerprint density at radius 2 is 2.11 bits per heavy atom. The lowest BCUT2D eigenvalue weighted by molar-refractivity contribution is 0.309. The van der Waals surface area contributed by atoms with Crippen molar-refractivity contribution in [2.24, 2.45) is 0 Å². The third kappa shape index (κ3) is 3.17. The molecule has 28 heavy (non-hydrogen) atoms. The van der Waals surface area contributed by atoms with Gasteiger partial charge >= 0.3 is 0 Å². The first-order chi connectivity index (χ1) is 13.5. The molecule has 0 bridgehead atoms. The predicted octanol–water partition coefficient (Wildman–Crippen LogP) is 3.66. The van der Waals surface area contributed by atoms with Gasteiger partial charge in [-0.15, -0.1) is 0 Å². The quantitative estimate of drug-likeness (QED) is 0.571. The molecule has 0 aliphatic rings. The minimum atomic E-state index is -1.01. The van der Waals surface area contributed by atoms with Gasteiger partial charge in [-0.1, -0.05) is 0 Å². The van der Waals surface area contributed by atoms with Gasteiger partial charge in [-0.25, -0.2) is 9.37 Å². The molecule has 4 heterocycles. The van der Waals surface area contributed by atoms with Gasteiger partial charge in [0.1, 0.15) is 11.9 Å². The van der Waals surface area contributed by atoms with Crippen molar-refractivity contribution in [3.05, 3.63) is 48.5 Å². The third-order valence-electron chi connectivity index (χ3n) is 4.50. The summed E-state index contributed by atoms with van der Waals surface area (Å²) in [6.45, 7) is 3.55. The Balaban J connectivity index is 1.80. The minimum absolute atomic E-state index is 0.0499. The lowest BCUT2D eigenvalue weighted by atomic mass is 10.1. The molecule has 1 N–H and O–H groups in total. The highest BCUT2D eigenvalue weighted by molar-refractivity contribution is 5.90. The van der Waals surface area contributed by atoms with E-state index >= 15 is 0 Å². The fourth-order valence-corrected chi connectivity index (χ4v) is 3.22. The van der Waals surface area contributed by atoms with Crippen LogP contribution in [-0.2, 0) is 6.54 Å². The maximum Gasteiger partial charge on any atom is 0.206 e. The Morgan fingerprint density at radius 3 is 2.86 bits per heavy atom. The first-order valence-corrected chi connectivity index (χ1v) is 8.85. The number of fused-ring (bicyclic) bond motifs is 1. The van der Waals surface area contributed by atoms with Crippen molar-refractivity contribution in [1.82, 2.24) is 24.3 Å². The number of methoxy groups -OCH3 is 1. The smallest absolute Gasteiger partial charge is 0.206 e. The SMILES string of the molecule is COc1cncc(-c2cc(C)c3c(O)n(-c4ccn(C[C@@H](C)F)n4)cc3n2)c1. The summed E-state index contributed by atoms with van der Waals surface area (Å²) in [6.07, 6.45) is 5.75. The third-order valence-corrected chi connectivity index (χ3v) is 4.50. The summed E-state index contributed by atoms with van der Waals surface area (Å²) < 4.78 is 21.5. The number of pyridine rings is 2. The molecule has 1 atom stereocenters. The largest absolute Gasteiger partial charge is 0.495 e. The van der Waals surface area contributed by atoms with E-state index in [2.05, 4.69) is 15.1 Å². The second-order valence-corrected chi connectivity index (χ2v) is 6.70. The number of nitrogens with zero attached hydrogens (tertiary/aromatic N) is 5. The summed E-state index contributed by atoms with van der Waals surface area (Å²) in [7, 11) is 1.59. The van der Waals surface area contributed by atoms with Crippen LogP contribution < -0.4 is 4.74 Å². The molecule has 0 aromatic carbocycles. The summed E-state index contributed by atoms with van der Waals surface area (Å²) in [4.78, 5) is 8.85. The molecule has 4 aromatic heterocycles. The Hall–Kier alpha value is -3.42. The van der Waals surface area contributed by atoms with Gasteiger partial charge in [0.2, 0.25) is 5.88 Å². The Bertz CT molecular complexity index is 1150. The van der Waals surface area contributed by atoms with E-state index in [4.69, 9.17) is 4.74 Å². The van der Waals surface area contributed by atoms with Crippen LogP contribution in [0.5, 0.6) is 11.6 Å². The highest BCUT2D eigenvalue weighted by Crippen LogP contribution is 2.34. The fourth-order valence-electron chi connectivity index (χ4n) is 3.22. The molecule has 8 heteroatoms. The van der Waals surface area contributed by atoms with Crippen LogP contribution in [0.3, 0.4) is 0 Å². The summed E-state index contributed by atoms with van der Waals surface area (Å²) in [5.41, 5.74) is 3.04. The van der Waals surface area contributed by atoms with Crippen LogP contribution in [0.4, 0.5) is 4.39 Å². The number of halogens is 1. The van der Waals surface area contributed by atoms with E-state index in [1.54, 1.807) is 42.5 Å². The Morgan fingerprint density at radius 1 is 1.29 bits per heavy atom. The van der Waals surface area contributed by atoms with Crippen molar-refractivity contribution in [2.45, 2.75) is 26.6 Å². The number of aryl methyl sites for hydroxylation is 1. The van der Waals surface area contributed by atoms with Crippen molar-refractivity contribution in [3.8, 4) is 28.7 Å². The monoisotopic (exact) mass is 381 g/mol. The molecule has 0 aliphatic heterocycles. The Labute approximate surface area is 161 Å². The van der Waals surface area contributed by atoms with Gasteiger partial charge < -0.3 is 9.84 Å². The lowest BCUT2D eigenvalue weighted by Crippen LogP contribution is -2.08. The van der Waals surface area contributed by atoms with Crippen molar-refractivity contribution in [2.75, 3.05) is 7.11 Å². The van der Waals surface area contributed by atoms with E-state index < -0.39 is 6.17 Å². The van der Waals surface area contributed by atoms with Gasteiger partial charge in [0, 0.05) is 30.2 Å². The molecule has 0 fully saturated rings. The zero-order valence-corrected chi connectivity index (χ0v) is 15.8. The van der Waals surface area contributed by atoms with Crippen molar-refractivity contribution in [1.29, 1.82) is 0 Å². The van der Waals surface area contributed by atoms with Crippen LogP contribution in [0, 0.1) is 6.92 Å². The number of hydrogen-bond acceptors (Lipinski definition) is 5. The fraction of sp³-hybridized carbons (Fsp3) is 0.250. The van der Waals surface area contributed by atoms with Gasteiger partial charge in [0.25, 0.3) is 0 Å². The molecule has 0 saturated heterocycles. The Kier molecular flexibility index (Phi) is 4.46. The average Bonchev–Trinajstić information content (AvgIpc) is 3.25. The summed E-state index contributed by atoms with van der Waals surface area (Å²) in [5, 5.41) is 15.7. The molecule has 0 unspecified atom stereocenters. The molecule has 4 rings (SSSR count). The average molecular weight is 381 g/mol. The minimum Gasteiger partial charge on any atom is -0.495 e. The molecule has 0 aliphatic carbocycles. The maximum atomic E-state index is 13.2. The molecule has 0 radical (unpaired) electrons. The first-order valence-electron chi connectivity index (χ1n) is 8.85. The number of rotatable bonds is 5. The highest BCUT2D eigenvalue weighted by Gasteiger charge is 2.17. The zero-order valence-electron chi connectivity index (χ0n) is 15.8. The van der Waals surface area contributed by atoms with Gasteiger partial charge in [-0.05, 0) is 31.5 Å². The maximum absolute atomic E-state index is 13.2. The highest BCUT2D eigenvalue weighted by atomic mass is 19.1. The number of alkyl halides is 1. The van der Waals surface area contributed by atoms with Gasteiger partial charge in [-0.2, -0.15) is 5.10 Å². The van der Waals surface area contributed by atoms with Crippen molar-refractivity contribution in [3.63, 3.8) is 0 Å². The van der Waals surface area contributed by atoms with E-state index in [0.29, 0.717) is 22.5 Å². The molecular formula is C20H20FN5O2. The first kappa shape index (κ1) is 18.0.